The Balaban J connectivity index is 2.34. The SMILES string of the molecule is O=C(O)C1CCN(c2cccc(Cl)c2Br)C1=O. The molecule has 1 aromatic rings. The van der Waals surface area contributed by atoms with Gasteiger partial charge < -0.3 is 10.0 Å². The Bertz CT molecular complexity index is 492. The zero-order valence-electron chi connectivity index (χ0n) is 8.69. The first kappa shape index (κ1) is 12.4. The van der Waals surface area contributed by atoms with Gasteiger partial charge in [-0.2, -0.15) is 0 Å². The number of halogens is 2. The summed E-state index contributed by atoms with van der Waals surface area (Å²) in [6.45, 7) is 0.398. The number of carboxylic acid groups (broad SMARTS) is 1. The number of carbonyl (C=O) groups is 2. The highest BCUT2D eigenvalue weighted by Gasteiger charge is 2.38. The number of hydrogen-bond acceptors (Lipinski definition) is 2. The number of rotatable bonds is 2. The second-order valence-corrected chi connectivity index (χ2v) is 4.94. The van der Waals surface area contributed by atoms with Crippen molar-refractivity contribution < 1.29 is 14.7 Å². The fourth-order valence-corrected chi connectivity index (χ4v) is 2.50. The summed E-state index contributed by atoms with van der Waals surface area (Å²) in [6, 6.07) is 5.16. The summed E-state index contributed by atoms with van der Waals surface area (Å²) < 4.78 is 0.612. The summed E-state index contributed by atoms with van der Waals surface area (Å²) in [5.74, 6) is -2.41. The van der Waals surface area contributed by atoms with Crippen molar-refractivity contribution in [2.45, 2.75) is 6.42 Å². The van der Waals surface area contributed by atoms with Crippen LogP contribution in [-0.4, -0.2) is 23.5 Å². The number of hydrogen-bond donors (Lipinski definition) is 1. The zero-order chi connectivity index (χ0) is 12.6. The Morgan fingerprint density at radius 2 is 2.24 bits per heavy atom. The molecule has 0 spiro atoms. The van der Waals surface area contributed by atoms with E-state index in [4.69, 9.17) is 16.7 Å². The smallest absolute Gasteiger partial charge is 0.316 e. The monoisotopic (exact) mass is 317 g/mol. The van der Waals surface area contributed by atoms with Gasteiger partial charge in [-0.25, -0.2) is 0 Å². The number of nitrogens with zero attached hydrogens (tertiary/aromatic N) is 1. The predicted molar refractivity (Wildman–Crippen MR) is 67.2 cm³/mol. The van der Waals surface area contributed by atoms with Gasteiger partial charge in [0.1, 0.15) is 5.92 Å². The van der Waals surface area contributed by atoms with Crippen LogP contribution in [0.15, 0.2) is 22.7 Å². The van der Waals surface area contributed by atoms with E-state index in [1.165, 1.54) is 4.90 Å². The van der Waals surface area contributed by atoms with Crippen molar-refractivity contribution in [1.29, 1.82) is 0 Å². The molecule has 6 heteroatoms. The van der Waals surface area contributed by atoms with E-state index in [1.807, 2.05) is 0 Å². The summed E-state index contributed by atoms with van der Waals surface area (Å²) >= 11 is 9.24. The van der Waals surface area contributed by atoms with Crippen LogP contribution >= 0.6 is 27.5 Å². The number of carbonyl (C=O) groups excluding carboxylic acids is 1. The third kappa shape index (κ3) is 2.17. The Hall–Kier alpha value is -1.07. The molecule has 1 atom stereocenters. The average Bonchev–Trinajstić information content (AvgIpc) is 2.64. The minimum Gasteiger partial charge on any atom is -0.481 e. The van der Waals surface area contributed by atoms with Gasteiger partial charge in [0.2, 0.25) is 5.91 Å². The highest BCUT2D eigenvalue weighted by atomic mass is 79.9. The molecule has 2 rings (SSSR count). The van der Waals surface area contributed by atoms with Crippen molar-refractivity contribution in [2.75, 3.05) is 11.4 Å². The van der Waals surface area contributed by atoms with Crippen molar-refractivity contribution in [1.82, 2.24) is 0 Å². The summed E-state index contributed by atoms with van der Waals surface area (Å²) in [5, 5.41) is 9.38. The summed E-state index contributed by atoms with van der Waals surface area (Å²) in [6.07, 6.45) is 0.327. The molecule has 1 aliphatic rings. The average molecular weight is 319 g/mol. The molecule has 1 saturated heterocycles. The van der Waals surface area contributed by atoms with Crippen LogP contribution in [-0.2, 0) is 9.59 Å². The highest BCUT2D eigenvalue weighted by Crippen LogP contribution is 2.35. The first-order chi connectivity index (χ1) is 8.02. The lowest BCUT2D eigenvalue weighted by molar-refractivity contribution is -0.144. The van der Waals surface area contributed by atoms with Gasteiger partial charge in [0.05, 0.1) is 15.2 Å². The van der Waals surface area contributed by atoms with Gasteiger partial charge >= 0.3 is 5.97 Å². The largest absolute Gasteiger partial charge is 0.481 e. The van der Waals surface area contributed by atoms with Crippen molar-refractivity contribution in [2.24, 2.45) is 5.92 Å². The molecule has 17 heavy (non-hydrogen) atoms. The molecule has 90 valence electrons. The minimum absolute atomic E-state index is 0.327. The second kappa shape index (κ2) is 4.66. The lowest BCUT2D eigenvalue weighted by Crippen LogP contribution is -2.30. The summed E-state index contributed by atoms with van der Waals surface area (Å²) in [4.78, 5) is 24.2. The number of anilines is 1. The van der Waals surface area contributed by atoms with Crippen LogP contribution in [0.25, 0.3) is 0 Å². The third-order valence-electron chi connectivity index (χ3n) is 2.73. The van der Waals surface area contributed by atoms with E-state index >= 15 is 0 Å². The van der Waals surface area contributed by atoms with Crippen LogP contribution in [0.2, 0.25) is 5.02 Å². The normalized spacial score (nSPS) is 19.8. The Morgan fingerprint density at radius 1 is 1.53 bits per heavy atom. The number of aliphatic carboxylic acids is 1. The maximum Gasteiger partial charge on any atom is 0.316 e. The van der Waals surface area contributed by atoms with Gasteiger partial charge in [0.25, 0.3) is 0 Å². The van der Waals surface area contributed by atoms with Gasteiger partial charge in [-0.05, 0) is 34.5 Å². The van der Waals surface area contributed by atoms with E-state index in [0.717, 1.165) is 0 Å². The fourth-order valence-electron chi connectivity index (χ4n) is 1.85. The molecule has 4 nitrogen and oxygen atoms in total. The van der Waals surface area contributed by atoms with Gasteiger partial charge in [-0.3, -0.25) is 9.59 Å². The number of amides is 1. The lowest BCUT2D eigenvalue weighted by atomic mass is 10.1. The number of benzene rings is 1. The van der Waals surface area contributed by atoms with Crippen LogP contribution in [0, 0.1) is 5.92 Å². The maximum atomic E-state index is 11.9. The fraction of sp³-hybridized carbons (Fsp3) is 0.273. The molecule has 1 unspecified atom stereocenters. The first-order valence-electron chi connectivity index (χ1n) is 5.00. The topological polar surface area (TPSA) is 57.6 Å². The van der Waals surface area contributed by atoms with Gasteiger partial charge in [0, 0.05) is 6.54 Å². The molecule has 1 N–H and O–H groups in total. The molecule has 0 bridgehead atoms. The zero-order valence-corrected chi connectivity index (χ0v) is 11.0. The highest BCUT2D eigenvalue weighted by molar-refractivity contribution is 9.10. The van der Waals surface area contributed by atoms with Gasteiger partial charge in [-0.15, -0.1) is 0 Å². The van der Waals surface area contributed by atoms with Crippen molar-refractivity contribution in [3.8, 4) is 0 Å². The molecule has 1 heterocycles. The Labute approximate surface area is 111 Å². The van der Waals surface area contributed by atoms with E-state index in [2.05, 4.69) is 15.9 Å². The van der Waals surface area contributed by atoms with Crippen LogP contribution < -0.4 is 4.90 Å². The Morgan fingerprint density at radius 3 is 2.82 bits per heavy atom. The van der Waals surface area contributed by atoms with Crippen LogP contribution in [0.4, 0.5) is 5.69 Å². The molecule has 1 amide bonds. The minimum atomic E-state index is -1.07. The van der Waals surface area contributed by atoms with Crippen molar-refractivity contribution in [3.05, 3.63) is 27.7 Å². The summed E-state index contributed by atoms with van der Waals surface area (Å²) in [7, 11) is 0. The van der Waals surface area contributed by atoms with E-state index in [1.54, 1.807) is 18.2 Å². The van der Waals surface area contributed by atoms with E-state index < -0.39 is 11.9 Å². The first-order valence-corrected chi connectivity index (χ1v) is 6.17. The lowest BCUT2D eigenvalue weighted by Gasteiger charge is -2.18. The van der Waals surface area contributed by atoms with Crippen molar-refractivity contribution >= 4 is 45.1 Å². The molecule has 0 aliphatic carbocycles. The number of carboxylic acids is 1. The van der Waals surface area contributed by atoms with Gasteiger partial charge in [-0.1, -0.05) is 17.7 Å². The second-order valence-electron chi connectivity index (χ2n) is 3.74. The molecule has 0 aromatic heterocycles. The molecule has 1 aliphatic heterocycles. The van der Waals surface area contributed by atoms with Crippen LogP contribution in [0.5, 0.6) is 0 Å². The quantitative estimate of drug-likeness (QED) is 0.853. The molecule has 0 radical (unpaired) electrons. The predicted octanol–water partition coefficient (Wildman–Crippen LogP) is 2.54. The van der Waals surface area contributed by atoms with E-state index in [-0.39, 0.29) is 5.91 Å². The maximum absolute atomic E-state index is 11.9. The molecule has 0 saturated carbocycles. The summed E-state index contributed by atoms with van der Waals surface area (Å²) in [5.41, 5.74) is 0.617. The molecular weight excluding hydrogens is 309 g/mol. The molecule has 1 aromatic carbocycles. The van der Waals surface area contributed by atoms with Crippen LogP contribution in [0.3, 0.4) is 0 Å². The van der Waals surface area contributed by atoms with Crippen molar-refractivity contribution in [3.63, 3.8) is 0 Å². The van der Waals surface area contributed by atoms with E-state index in [9.17, 15) is 9.59 Å². The standard InChI is InChI=1S/C11H9BrClNO3/c12-9-7(13)2-1-3-8(9)14-5-4-6(10(14)15)11(16)17/h1-3,6H,4-5H2,(H,16,17). The Kier molecular flexibility index (Phi) is 3.40. The third-order valence-corrected chi connectivity index (χ3v) is 4.10. The van der Waals surface area contributed by atoms with E-state index in [0.29, 0.717) is 28.1 Å². The molecular formula is C11H9BrClNO3. The van der Waals surface area contributed by atoms with Gasteiger partial charge in [0.15, 0.2) is 0 Å². The van der Waals surface area contributed by atoms with Crippen LogP contribution in [0.1, 0.15) is 6.42 Å². The molecule has 1 fully saturated rings.